The van der Waals surface area contributed by atoms with Crippen molar-refractivity contribution in [2.75, 3.05) is 11.9 Å². The molecule has 2 aromatic rings. The maximum atomic E-state index is 11.8. The summed E-state index contributed by atoms with van der Waals surface area (Å²) in [7, 11) is 0. The van der Waals surface area contributed by atoms with Crippen LogP contribution in [-0.4, -0.2) is 12.5 Å². The number of para-hydroxylation sites is 1. The Bertz CT molecular complexity index is 570. The third-order valence-electron chi connectivity index (χ3n) is 3.44. The summed E-state index contributed by atoms with van der Waals surface area (Å²) in [4.78, 5) is 14.6. The lowest BCUT2D eigenvalue weighted by atomic mass is 10.2. The zero-order chi connectivity index (χ0) is 13.8. The number of carbonyl (C=O) groups is 1. The molecule has 1 aliphatic carbocycles. The Morgan fingerprint density at radius 2 is 2.05 bits per heavy atom. The van der Waals surface area contributed by atoms with Gasteiger partial charge in [-0.15, -0.1) is 11.3 Å². The van der Waals surface area contributed by atoms with Gasteiger partial charge in [0, 0.05) is 22.0 Å². The molecule has 104 valence electrons. The molecule has 1 aromatic carbocycles. The second kappa shape index (κ2) is 6.20. The van der Waals surface area contributed by atoms with Crippen molar-refractivity contribution in [1.82, 2.24) is 5.32 Å². The fraction of sp³-hybridized carbons (Fsp3) is 0.312. The van der Waals surface area contributed by atoms with Crippen LogP contribution in [0.5, 0.6) is 0 Å². The minimum absolute atomic E-state index is 0.000275. The highest BCUT2D eigenvalue weighted by Crippen LogP contribution is 2.30. The summed E-state index contributed by atoms with van der Waals surface area (Å²) >= 11 is 1.88. The van der Waals surface area contributed by atoms with E-state index in [1.54, 1.807) is 0 Å². The minimum atomic E-state index is 0.000275. The lowest BCUT2D eigenvalue weighted by Crippen LogP contribution is -2.27. The molecule has 20 heavy (non-hydrogen) atoms. The first-order valence-corrected chi connectivity index (χ1v) is 7.79. The van der Waals surface area contributed by atoms with E-state index in [0.717, 1.165) is 12.2 Å². The van der Waals surface area contributed by atoms with Crippen molar-refractivity contribution in [2.24, 2.45) is 0 Å². The van der Waals surface area contributed by atoms with Crippen LogP contribution in [0.1, 0.15) is 21.7 Å². The highest BCUT2D eigenvalue weighted by molar-refractivity contribution is 7.12. The number of carbonyl (C=O) groups excluding carboxylic acids is 1. The topological polar surface area (TPSA) is 41.1 Å². The maximum Gasteiger partial charge on any atom is 0.238 e. The number of hydrogen-bond donors (Lipinski definition) is 2. The Morgan fingerprint density at radius 3 is 2.85 bits per heavy atom. The zero-order valence-electron chi connectivity index (χ0n) is 11.3. The Hall–Kier alpha value is -1.65. The number of hydrogen-bond acceptors (Lipinski definition) is 3. The maximum absolute atomic E-state index is 11.8. The monoisotopic (exact) mass is 286 g/mol. The predicted octanol–water partition coefficient (Wildman–Crippen LogP) is 2.97. The lowest BCUT2D eigenvalue weighted by molar-refractivity contribution is -0.115. The highest BCUT2D eigenvalue weighted by Gasteiger charge is 2.14. The van der Waals surface area contributed by atoms with Crippen LogP contribution in [0.25, 0.3) is 0 Å². The van der Waals surface area contributed by atoms with Crippen molar-refractivity contribution in [2.45, 2.75) is 25.8 Å². The van der Waals surface area contributed by atoms with Crippen molar-refractivity contribution in [3.05, 3.63) is 51.7 Å². The Morgan fingerprint density at radius 1 is 1.20 bits per heavy atom. The first-order chi connectivity index (χ1) is 9.81. The largest absolute Gasteiger partial charge is 0.325 e. The molecule has 0 radical (unpaired) electrons. The molecule has 0 bridgehead atoms. The van der Waals surface area contributed by atoms with E-state index in [4.69, 9.17) is 0 Å². The SMILES string of the molecule is O=C(CNCc1cc2c(s1)CCC2)Nc1ccccc1. The van der Waals surface area contributed by atoms with Gasteiger partial charge in [-0.05, 0) is 43.0 Å². The van der Waals surface area contributed by atoms with Crippen LogP contribution >= 0.6 is 11.3 Å². The first kappa shape index (κ1) is 13.3. The summed E-state index contributed by atoms with van der Waals surface area (Å²) in [5.74, 6) is 0.000275. The molecule has 0 spiro atoms. The van der Waals surface area contributed by atoms with Crippen LogP contribution in [0.3, 0.4) is 0 Å². The average Bonchev–Trinajstić information content (AvgIpc) is 3.01. The molecule has 3 rings (SSSR count). The molecule has 0 aliphatic heterocycles. The molecule has 3 nitrogen and oxygen atoms in total. The van der Waals surface area contributed by atoms with Crippen LogP contribution in [-0.2, 0) is 24.2 Å². The van der Waals surface area contributed by atoms with E-state index in [1.807, 2.05) is 41.7 Å². The molecule has 1 aliphatic rings. The summed E-state index contributed by atoms with van der Waals surface area (Å²) in [6.07, 6.45) is 3.75. The summed E-state index contributed by atoms with van der Waals surface area (Å²) < 4.78 is 0. The smallest absolute Gasteiger partial charge is 0.238 e. The molecule has 0 atom stereocenters. The van der Waals surface area contributed by atoms with Gasteiger partial charge in [0.2, 0.25) is 5.91 Å². The summed E-state index contributed by atoms with van der Waals surface area (Å²) in [5.41, 5.74) is 2.36. The Labute approximate surface area is 123 Å². The van der Waals surface area contributed by atoms with E-state index in [0.29, 0.717) is 6.54 Å². The van der Waals surface area contributed by atoms with E-state index >= 15 is 0 Å². The van der Waals surface area contributed by atoms with Gasteiger partial charge in [-0.2, -0.15) is 0 Å². The number of thiophene rings is 1. The molecule has 4 heteroatoms. The third-order valence-corrected chi connectivity index (χ3v) is 4.68. The molecule has 0 unspecified atom stereocenters. The number of amides is 1. The van der Waals surface area contributed by atoms with Crippen molar-refractivity contribution in [1.29, 1.82) is 0 Å². The van der Waals surface area contributed by atoms with Crippen LogP contribution in [0, 0.1) is 0 Å². The number of rotatable bonds is 5. The molecule has 0 fully saturated rings. The molecule has 1 amide bonds. The van der Waals surface area contributed by atoms with Gasteiger partial charge in [-0.3, -0.25) is 4.79 Å². The zero-order valence-corrected chi connectivity index (χ0v) is 12.1. The summed E-state index contributed by atoms with van der Waals surface area (Å²) in [5, 5.41) is 6.08. The normalized spacial score (nSPS) is 13.2. The first-order valence-electron chi connectivity index (χ1n) is 6.97. The molecule has 2 N–H and O–H groups in total. The van der Waals surface area contributed by atoms with Gasteiger partial charge in [-0.25, -0.2) is 0 Å². The van der Waals surface area contributed by atoms with Gasteiger partial charge < -0.3 is 10.6 Å². The fourth-order valence-corrected chi connectivity index (χ4v) is 3.73. The number of aryl methyl sites for hydroxylation is 2. The molecule has 0 saturated carbocycles. The van der Waals surface area contributed by atoms with Gasteiger partial charge in [0.25, 0.3) is 0 Å². The van der Waals surface area contributed by atoms with Crippen molar-refractivity contribution >= 4 is 22.9 Å². The molecular formula is C16H18N2OS. The van der Waals surface area contributed by atoms with Crippen LogP contribution in [0.4, 0.5) is 5.69 Å². The average molecular weight is 286 g/mol. The van der Waals surface area contributed by atoms with Gasteiger partial charge in [0.05, 0.1) is 6.54 Å². The number of benzene rings is 1. The Balaban J connectivity index is 1.44. The van der Waals surface area contributed by atoms with Crippen molar-refractivity contribution in [3.63, 3.8) is 0 Å². The number of nitrogens with one attached hydrogen (secondary N) is 2. The molecular weight excluding hydrogens is 268 g/mol. The molecule has 1 aromatic heterocycles. The van der Waals surface area contributed by atoms with E-state index in [9.17, 15) is 4.79 Å². The van der Waals surface area contributed by atoms with Gasteiger partial charge in [0.15, 0.2) is 0 Å². The molecule has 1 heterocycles. The minimum Gasteiger partial charge on any atom is -0.325 e. The van der Waals surface area contributed by atoms with Crippen LogP contribution in [0.15, 0.2) is 36.4 Å². The summed E-state index contributed by atoms with van der Waals surface area (Å²) in [6, 6.07) is 11.8. The van der Waals surface area contributed by atoms with Crippen molar-refractivity contribution in [3.8, 4) is 0 Å². The second-order valence-corrected chi connectivity index (χ2v) is 6.25. The predicted molar refractivity (Wildman–Crippen MR) is 83.1 cm³/mol. The van der Waals surface area contributed by atoms with Crippen molar-refractivity contribution < 1.29 is 4.79 Å². The Kier molecular flexibility index (Phi) is 4.14. The fourth-order valence-electron chi connectivity index (χ4n) is 2.50. The van der Waals surface area contributed by atoms with Gasteiger partial charge in [0.1, 0.15) is 0 Å². The second-order valence-electron chi connectivity index (χ2n) is 5.03. The van der Waals surface area contributed by atoms with E-state index in [2.05, 4.69) is 16.7 Å². The van der Waals surface area contributed by atoms with Gasteiger partial charge in [-0.1, -0.05) is 18.2 Å². The van der Waals surface area contributed by atoms with Crippen LogP contribution < -0.4 is 10.6 Å². The lowest BCUT2D eigenvalue weighted by Gasteiger charge is -2.05. The van der Waals surface area contributed by atoms with E-state index in [1.165, 1.54) is 34.6 Å². The molecule has 0 saturated heterocycles. The number of anilines is 1. The summed E-state index contributed by atoms with van der Waals surface area (Å²) in [6.45, 7) is 1.12. The third kappa shape index (κ3) is 3.26. The highest BCUT2D eigenvalue weighted by atomic mass is 32.1. The standard InChI is InChI=1S/C16H18N2OS/c19-16(18-13-6-2-1-3-7-13)11-17-10-14-9-12-5-4-8-15(12)20-14/h1-3,6-7,9,17H,4-5,8,10-11H2,(H,18,19). The number of fused-ring (bicyclic) bond motifs is 1. The van der Waals surface area contributed by atoms with Crippen LogP contribution in [0.2, 0.25) is 0 Å². The quantitative estimate of drug-likeness (QED) is 0.887. The van der Waals surface area contributed by atoms with Gasteiger partial charge >= 0.3 is 0 Å². The van der Waals surface area contributed by atoms with E-state index in [-0.39, 0.29) is 5.91 Å². The van der Waals surface area contributed by atoms with E-state index < -0.39 is 0 Å².